The molecule has 0 amide bonds. The molecular weight excluding hydrogens is 278 g/mol. The lowest BCUT2D eigenvalue weighted by Gasteiger charge is -2.23. The molecule has 0 aliphatic carbocycles. The normalized spacial score (nSPS) is 10.4. The molecule has 2 heterocycles. The Hall–Kier alpha value is -2.82. The Balaban J connectivity index is 1.84. The Morgan fingerprint density at radius 3 is 2.64 bits per heavy atom. The van der Waals surface area contributed by atoms with Crippen molar-refractivity contribution in [3.05, 3.63) is 72.6 Å². The van der Waals surface area contributed by atoms with Gasteiger partial charge in [-0.1, -0.05) is 18.2 Å². The van der Waals surface area contributed by atoms with E-state index >= 15 is 0 Å². The van der Waals surface area contributed by atoms with Crippen LogP contribution in [0.25, 0.3) is 0 Å². The molecule has 0 N–H and O–H groups in total. The molecule has 0 saturated heterocycles. The van der Waals surface area contributed by atoms with Crippen molar-refractivity contribution in [2.45, 2.75) is 13.1 Å². The molecule has 22 heavy (non-hydrogen) atoms. The van der Waals surface area contributed by atoms with Crippen molar-refractivity contribution in [1.82, 2.24) is 9.97 Å². The maximum atomic E-state index is 5.47. The maximum Gasteiger partial charge on any atom is 0.216 e. The quantitative estimate of drug-likeness (QED) is 0.698. The third kappa shape index (κ3) is 3.44. The molecular formula is C17H17N3O2. The summed E-state index contributed by atoms with van der Waals surface area (Å²) in [5, 5.41) is 0. The molecule has 0 saturated carbocycles. The van der Waals surface area contributed by atoms with Crippen molar-refractivity contribution in [2.24, 2.45) is 0 Å². The maximum absolute atomic E-state index is 5.47. The minimum atomic E-state index is 0.566. The Bertz CT molecular complexity index is 699. The third-order valence-electron chi connectivity index (χ3n) is 3.31. The molecule has 0 aliphatic rings. The summed E-state index contributed by atoms with van der Waals surface area (Å²) in [5.74, 6) is 1.47. The van der Waals surface area contributed by atoms with E-state index in [1.807, 2.05) is 36.4 Å². The summed E-state index contributed by atoms with van der Waals surface area (Å²) in [7, 11) is 1.60. The van der Waals surface area contributed by atoms with Crippen molar-refractivity contribution in [2.75, 3.05) is 12.0 Å². The zero-order valence-corrected chi connectivity index (χ0v) is 12.3. The van der Waals surface area contributed by atoms with Crippen LogP contribution in [0.2, 0.25) is 0 Å². The first kappa shape index (κ1) is 14.1. The van der Waals surface area contributed by atoms with E-state index in [9.17, 15) is 0 Å². The molecule has 5 nitrogen and oxygen atoms in total. The number of methoxy groups -OCH3 is 1. The van der Waals surface area contributed by atoms with E-state index in [-0.39, 0.29) is 0 Å². The fraction of sp³-hybridized carbons (Fsp3) is 0.176. The van der Waals surface area contributed by atoms with Gasteiger partial charge in [0.05, 0.1) is 32.2 Å². The highest BCUT2D eigenvalue weighted by molar-refractivity contribution is 5.46. The fourth-order valence-electron chi connectivity index (χ4n) is 2.24. The van der Waals surface area contributed by atoms with Gasteiger partial charge < -0.3 is 14.1 Å². The van der Waals surface area contributed by atoms with Crippen LogP contribution >= 0.6 is 0 Å². The average molecular weight is 295 g/mol. The number of benzene rings is 1. The number of hydrogen-bond donors (Lipinski definition) is 0. The summed E-state index contributed by atoms with van der Waals surface area (Å²) in [4.78, 5) is 10.6. The summed E-state index contributed by atoms with van der Waals surface area (Å²) in [6.45, 7) is 1.31. The van der Waals surface area contributed by atoms with E-state index in [1.54, 1.807) is 13.4 Å². The topological polar surface area (TPSA) is 51.4 Å². The monoisotopic (exact) mass is 295 g/mol. The minimum Gasteiger partial charge on any atom is -0.481 e. The van der Waals surface area contributed by atoms with Crippen LogP contribution in [0.1, 0.15) is 11.5 Å². The first-order valence-corrected chi connectivity index (χ1v) is 7.02. The predicted octanol–water partition coefficient (Wildman–Crippen LogP) is 3.29. The van der Waals surface area contributed by atoms with Gasteiger partial charge in [0.15, 0.2) is 0 Å². The molecule has 0 aliphatic heterocycles. The zero-order valence-electron chi connectivity index (χ0n) is 12.3. The van der Waals surface area contributed by atoms with E-state index in [0.717, 1.165) is 17.1 Å². The van der Waals surface area contributed by atoms with Crippen molar-refractivity contribution >= 4 is 5.69 Å². The summed E-state index contributed by atoms with van der Waals surface area (Å²) >= 11 is 0. The number of nitrogens with zero attached hydrogens (tertiary/aromatic N) is 3. The largest absolute Gasteiger partial charge is 0.481 e. The first-order chi connectivity index (χ1) is 10.8. The van der Waals surface area contributed by atoms with Crippen LogP contribution in [0.5, 0.6) is 5.88 Å². The van der Waals surface area contributed by atoms with Gasteiger partial charge in [0.25, 0.3) is 0 Å². The van der Waals surface area contributed by atoms with Gasteiger partial charge in [-0.05, 0) is 24.3 Å². The summed E-state index contributed by atoms with van der Waals surface area (Å²) in [6, 6.07) is 15.9. The lowest BCUT2D eigenvalue weighted by atomic mass is 10.2. The van der Waals surface area contributed by atoms with Crippen LogP contribution < -0.4 is 9.64 Å². The van der Waals surface area contributed by atoms with Crippen LogP contribution in [0.4, 0.5) is 5.69 Å². The average Bonchev–Trinajstić information content (AvgIpc) is 3.08. The zero-order chi connectivity index (χ0) is 15.2. The molecule has 2 aromatic heterocycles. The van der Waals surface area contributed by atoms with Gasteiger partial charge in [-0.25, -0.2) is 9.97 Å². The van der Waals surface area contributed by atoms with Gasteiger partial charge >= 0.3 is 0 Å². The Labute approximate surface area is 129 Å². The van der Waals surface area contributed by atoms with E-state index in [1.165, 1.54) is 6.33 Å². The molecule has 0 fully saturated rings. The Morgan fingerprint density at radius 2 is 1.91 bits per heavy atom. The molecule has 1 aromatic carbocycles. The smallest absolute Gasteiger partial charge is 0.216 e. The van der Waals surface area contributed by atoms with Crippen LogP contribution in [-0.2, 0) is 13.1 Å². The molecule has 0 radical (unpaired) electrons. The van der Waals surface area contributed by atoms with Gasteiger partial charge in [-0.15, -0.1) is 0 Å². The molecule has 3 aromatic rings. The van der Waals surface area contributed by atoms with E-state index in [4.69, 9.17) is 9.15 Å². The molecule has 5 heteroatoms. The fourth-order valence-corrected chi connectivity index (χ4v) is 2.24. The van der Waals surface area contributed by atoms with E-state index < -0.39 is 0 Å². The van der Waals surface area contributed by atoms with Crippen LogP contribution in [0.15, 0.2) is 65.5 Å². The SMILES string of the molecule is COc1cc(CN(Cc2ccco2)c2ccccc2)ncn1. The van der Waals surface area contributed by atoms with Gasteiger partial charge in [0.2, 0.25) is 5.88 Å². The van der Waals surface area contributed by atoms with Crippen LogP contribution in [0.3, 0.4) is 0 Å². The first-order valence-electron chi connectivity index (χ1n) is 7.02. The molecule has 112 valence electrons. The summed E-state index contributed by atoms with van der Waals surface area (Å²) in [6.07, 6.45) is 3.20. The van der Waals surface area contributed by atoms with Crippen molar-refractivity contribution in [1.29, 1.82) is 0 Å². The number of anilines is 1. The van der Waals surface area contributed by atoms with Crippen molar-refractivity contribution < 1.29 is 9.15 Å². The van der Waals surface area contributed by atoms with Crippen molar-refractivity contribution in [3.63, 3.8) is 0 Å². The Kier molecular flexibility index (Phi) is 4.34. The van der Waals surface area contributed by atoms with Gasteiger partial charge in [0.1, 0.15) is 12.1 Å². The highest BCUT2D eigenvalue weighted by Gasteiger charge is 2.11. The second kappa shape index (κ2) is 6.76. The van der Waals surface area contributed by atoms with Crippen LogP contribution in [-0.4, -0.2) is 17.1 Å². The number of ether oxygens (including phenoxy) is 1. The van der Waals surface area contributed by atoms with Crippen LogP contribution in [0, 0.1) is 0 Å². The lowest BCUT2D eigenvalue weighted by Crippen LogP contribution is -2.22. The number of hydrogen-bond acceptors (Lipinski definition) is 5. The molecule has 0 spiro atoms. The molecule has 0 unspecified atom stereocenters. The van der Waals surface area contributed by atoms with E-state index in [0.29, 0.717) is 19.0 Å². The number of aromatic nitrogens is 2. The highest BCUT2D eigenvalue weighted by atomic mass is 16.5. The predicted molar refractivity (Wildman–Crippen MR) is 83.6 cm³/mol. The number of para-hydroxylation sites is 1. The third-order valence-corrected chi connectivity index (χ3v) is 3.31. The molecule has 3 rings (SSSR count). The summed E-state index contributed by atoms with van der Waals surface area (Å²) < 4.78 is 10.6. The van der Waals surface area contributed by atoms with Gasteiger partial charge in [0, 0.05) is 11.8 Å². The van der Waals surface area contributed by atoms with Gasteiger partial charge in [-0.3, -0.25) is 0 Å². The summed E-state index contributed by atoms with van der Waals surface area (Å²) in [5.41, 5.74) is 2.00. The molecule has 0 bridgehead atoms. The second-order valence-electron chi connectivity index (χ2n) is 4.82. The van der Waals surface area contributed by atoms with Crippen molar-refractivity contribution in [3.8, 4) is 5.88 Å². The van der Waals surface area contributed by atoms with Gasteiger partial charge in [-0.2, -0.15) is 0 Å². The molecule has 0 atom stereocenters. The highest BCUT2D eigenvalue weighted by Crippen LogP contribution is 2.20. The lowest BCUT2D eigenvalue weighted by molar-refractivity contribution is 0.395. The number of furan rings is 1. The second-order valence-corrected chi connectivity index (χ2v) is 4.82. The standard InChI is InChI=1S/C17H17N3O2/c1-21-17-10-14(18-13-19-17)11-20(12-16-8-5-9-22-16)15-6-3-2-4-7-15/h2-10,13H,11-12H2,1H3. The number of rotatable bonds is 6. The van der Waals surface area contributed by atoms with E-state index in [2.05, 4.69) is 27.0 Å². The minimum absolute atomic E-state index is 0.566. The Morgan fingerprint density at radius 1 is 1.05 bits per heavy atom.